The molecule has 0 bridgehead atoms. The second kappa shape index (κ2) is 3.04. The molecular formula is C6H5BrO4S. The highest BCUT2D eigenvalue weighted by molar-refractivity contribution is 9.10. The second-order valence-corrected chi connectivity index (χ2v) is 4.25. The summed E-state index contributed by atoms with van der Waals surface area (Å²) in [7, 11) is -4.26. The Balaban J connectivity index is 3.47. The minimum absolute atomic E-state index is 0.0347. The monoisotopic (exact) mass is 252 g/mol. The van der Waals surface area contributed by atoms with Gasteiger partial charge >= 0.3 is 0 Å². The van der Waals surface area contributed by atoms with E-state index < -0.39 is 10.1 Å². The van der Waals surface area contributed by atoms with Crippen LogP contribution in [0, 0.1) is 0 Å². The highest BCUT2D eigenvalue weighted by Gasteiger charge is 2.15. The molecule has 0 heterocycles. The first-order valence-corrected chi connectivity index (χ1v) is 5.11. The summed E-state index contributed by atoms with van der Waals surface area (Å²) in [6.07, 6.45) is 0. The molecule has 0 saturated heterocycles. The van der Waals surface area contributed by atoms with Crippen molar-refractivity contribution in [1.29, 1.82) is 0 Å². The molecule has 0 radical (unpaired) electrons. The van der Waals surface area contributed by atoms with Crippen LogP contribution in [-0.4, -0.2) is 18.1 Å². The molecule has 0 spiro atoms. The molecule has 0 unspecified atom stereocenters. The Morgan fingerprint density at radius 2 is 1.92 bits per heavy atom. The summed E-state index contributed by atoms with van der Waals surface area (Å²) in [5.41, 5.74) is 0. The second-order valence-electron chi connectivity index (χ2n) is 2.06. The molecule has 0 aliphatic carbocycles. The fourth-order valence-corrected chi connectivity index (χ4v) is 2.16. The van der Waals surface area contributed by atoms with Crippen LogP contribution in [0.2, 0.25) is 0 Å². The fraction of sp³-hybridized carbons (Fsp3) is 0. The molecule has 66 valence electrons. The van der Waals surface area contributed by atoms with E-state index in [1.165, 1.54) is 18.2 Å². The number of halogens is 1. The SMILES string of the molecule is O=S(=O)(O)c1cccc(O)c1Br. The number of rotatable bonds is 1. The molecule has 1 aromatic carbocycles. The van der Waals surface area contributed by atoms with Gasteiger partial charge in [0.25, 0.3) is 10.1 Å². The Bertz CT molecular complexity index is 398. The average molecular weight is 253 g/mol. The van der Waals surface area contributed by atoms with Crippen molar-refractivity contribution >= 4 is 26.0 Å². The van der Waals surface area contributed by atoms with Crippen LogP contribution in [0.15, 0.2) is 27.6 Å². The van der Waals surface area contributed by atoms with Crippen molar-refractivity contribution in [2.24, 2.45) is 0 Å². The van der Waals surface area contributed by atoms with Gasteiger partial charge in [0.2, 0.25) is 0 Å². The molecule has 12 heavy (non-hydrogen) atoms. The van der Waals surface area contributed by atoms with Gasteiger partial charge in [0.15, 0.2) is 0 Å². The summed E-state index contributed by atoms with van der Waals surface area (Å²) >= 11 is 2.83. The van der Waals surface area contributed by atoms with Crippen LogP contribution in [0.3, 0.4) is 0 Å². The molecule has 4 nitrogen and oxygen atoms in total. The lowest BCUT2D eigenvalue weighted by Crippen LogP contribution is -1.98. The summed E-state index contributed by atoms with van der Waals surface area (Å²) in [4.78, 5) is -0.345. The first-order chi connectivity index (χ1) is 5.43. The van der Waals surface area contributed by atoms with Gasteiger partial charge < -0.3 is 5.11 Å². The van der Waals surface area contributed by atoms with Crippen molar-refractivity contribution in [3.63, 3.8) is 0 Å². The van der Waals surface area contributed by atoms with Crippen LogP contribution in [0.25, 0.3) is 0 Å². The lowest BCUT2D eigenvalue weighted by molar-refractivity contribution is 0.462. The Morgan fingerprint density at radius 3 is 2.33 bits per heavy atom. The third kappa shape index (κ3) is 1.77. The number of aromatic hydroxyl groups is 1. The molecule has 0 aromatic heterocycles. The topological polar surface area (TPSA) is 74.6 Å². The first-order valence-electron chi connectivity index (χ1n) is 2.88. The minimum atomic E-state index is -4.26. The number of phenols is 1. The van der Waals surface area contributed by atoms with Gasteiger partial charge in [-0.05, 0) is 28.1 Å². The van der Waals surface area contributed by atoms with E-state index in [1.807, 2.05) is 0 Å². The smallest absolute Gasteiger partial charge is 0.295 e. The zero-order chi connectivity index (χ0) is 9.35. The predicted molar refractivity (Wildman–Crippen MR) is 45.6 cm³/mol. The Hall–Kier alpha value is -0.590. The first kappa shape index (κ1) is 9.50. The lowest BCUT2D eigenvalue weighted by Gasteiger charge is -2.01. The van der Waals surface area contributed by atoms with Gasteiger partial charge in [-0.25, -0.2) is 0 Å². The van der Waals surface area contributed by atoms with Crippen molar-refractivity contribution in [1.82, 2.24) is 0 Å². The van der Waals surface area contributed by atoms with Gasteiger partial charge in [-0.15, -0.1) is 0 Å². The molecule has 0 aliphatic rings. The van der Waals surface area contributed by atoms with E-state index in [2.05, 4.69) is 15.9 Å². The van der Waals surface area contributed by atoms with E-state index in [9.17, 15) is 8.42 Å². The molecule has 6 heteroatoms. The van der Waals surface area contributed by atoms with Gasteiger partial charge in [-0.2, -0.15) is 8.42 Å². The van der Waals surface area contributed by atoms with E-state index in [0.717, 1.165) is 0 Å². The average Bonchev–Trinajstić information content (AvgIpc) is 1.92. The highest BCUT2D eigenvalue weighted by Crippen LogP contribution is 2.29. The third-order valence-corrected chi connectivity index (χ3v) is 3.21. The molecule has 0 saturated carbocycles. The van der Waals surface area contributed by atoms with Gasteiger partial charge in [0, 0.05) is 0 Å². The van der Waals surface area contributed by atoms with Crippen molar-refractivity contribution in [3.8, 4) is 5.75 Å². The van der Waals surface area contributed by atoms with Gasteiger partial charge in [-0.3, -0.25) is 4.55 Å². The normalized spacial score (nSPS) is 11.5. The molecule has 2 N–H and O–H groups in total. The highest BCUT2D eigenvalue weighted by atomic mass is 79.9. The largest absolute Gasteiger partial charge is 0.507 e. The maximum absolute atomic E-state index is 10.6. The van der Waals surface area contributed by atoms with Crippen molar-refractivity contribution < 1.29 is 18.1 Å². The Labute approximate surface area is 77.7 Å². The van der Waals surface area contributed by atoms with Crippen LogP contribution in [0.4, 0.5) is 0 Å². The lowest BCUT2D eigenvalue weighted by atomic mass is 10.3. The van der Waals surface area contributed by atoms with Crippen LogP contribution < -0.4 is 0 Å². The predicted octanol–water partition coefficient (Wildman–Crippen LogP) is 1.40. The molecule has 1 rings (SSSR count). The third-order valence-electron chi connectivity index (χ3n) is 1.22. The number of hydrogen-bond donors (Lipinski definition) is 2. The minimum Gasteiger partial charge on any atom is -0.507 e. The van der Waals surface area contributed by atoms with E-state index in [4.69, 9.17) is 9.66 Å². The van der Waals surface area contributed by atoms with Gasteiger partial charge in [0.05, 0.1) is 4.47 Å². The van der Waals surface area contributed by atoms with Gasteiger partial charge in [-0.1, -0.05) is 6.07 Å². The quantitative estimate of drug-likeness (QED) is 0.742. The maximum atomic E-state index is 10.6. The molecule has 1 aromatic rings. The summed E-state index contributed by atoms with van der Waals surface area (Å²) in [6, 6.07) is 3.81. The molecule has 0 aliphatic heterocycles. The molecule has 0 atom stereocenters. The van der Waals surface area contributed by atoms with E-state index in [-0.39, 0.29) is 15.1 Å². The summed E-state index contributed by atoms with van der Waals surface area (Å²) < 4.78 is 29.8. The molecule has 0 amide bonds. The van der Waals surface area contributed by atoms with Crippen molar-refractivity contribution in [2.45, 2.75) is 4.90 Å². The Kier molecular flexibility index (Phi) is 2.41. The Morgan fingerprint density at radius 1 is 1.33 bits per heavy atom. The maximum Gasteiger partial charge on any atom is 0.295 e. The number of phenolic OH excluding ortho intramolecular Hbond substituents is 1. The summed E-state index contributed by atoms with van der Waals surface area (Å²) in [6.45, 7) is 0. The number of benzene rings is 1. The molecular weight excluding hydrogens is 248 g/mol. The van der Waals surface area contributed by atoms with Crippen LogP contribution >= 0.6 is 15.9 Å². The zero-order valence-electron chi connectivity index (χ0n) is 5.73. The van der Waals surface area contributed by atoms with Crippen LogP contribution in [-0.2, 0) is 10.1 Å². The summed E-state index contributed by atoms with van der Waals surface area (Å²) in [5, 5.41) is 9.04. The van der Waals surface area contributed by atoms with Gasteiger partial charge in [0.1, 0.15) is 10.6 Å². The van der Waals surface area contributed by atoms with Crippen molar-refractivity contribution in [2.75, 3.05) is 0 Å². The van der Waals surface area contributed by atoms with E-state index in [0.29, 0.717) is 0 Å². The summed E-state index contributed by atoms with van der Waals surface area (Å²) in [5.74, 6) is -0.231. The van der Waals surface area contributed by atoms with Crippen LogP contribution in [0.1, 0.15) is 0 Å². The van der Waals surface area contributed by atoms with E-state index >= 15 is 0 Å². The fourth-order valence-electron chi connectivity index (χ4n) is 0.698. The standard InChI is InChI=1S/C6H5BrO4S/c7-6-4(8)2-1-3-5(6)12(9,10)11/h1-3,8H,(H,9,10,11). The van der Waals surface area contributed by atoms with Crippen molar-refractivity contribution in [3.05, 3.63) is 22.7 Å². The van der Waals surface area contributed by atoms with E-state index in [1.54, 1.807) is 0 Å². The van der Waals surface area contributed by atoms with Crippen LogP contribution in [0.5, 0.6) is 5.75 Å². The molecule has 0 fully saturated rings. The zero-order valence-corrected chi connectivity index (χ0v) is 8.13. The number of hydrogen-bond acceptors (Lipinski definition) is 3.